The molecule has 0 fully saturated rings. The first-order chi connectivity index (χ1) is 9.43. The van der Waals surface area contributed by atoms with E-state index in [1.807, 2.05) is 19.9 Å². The van der Waals surface area contributed by atoms with Crippen molar-refractivity contribution >= 4 is 17.4 Å². The number of nitrogens with one attached hydrogen (secondary N) is 2. The summed E-state index contributed by atoms with van der Waals surface area (Å²) in [5.41, 5.74) is 0.964. The average Bonchev–Trinajstić information content (AvgIpc) is 2.39. The molecule has 0 spiro atoms. The van der Waals surface area contributed by atoms with Crippen LogP contribution in [0.4, 0.5) is 5.69 Å². The predicted molar refractivity (Wildman–Crippen MR) is 77.0 cm³/mol. The van der Waals surface area contributed by atoms with Crippen LogP contribution in [0.5, 0.6) is 0 Å². The minimum absolute atomic E-state index is 0.0214. The highest BCUT2D eigenvalue weighted by molar-refractivity contribution is 6.07. The lowest BCUT2D eigenvalue weighted by atomic mass is 10.1. The van der Waals surface area contributed by atoms with Gasteiger partial charge >= 0.3 is 0 Å². The van der Waals surface area contributed by atoms with E-state index in [2.05, 4.69) is 10.6 Å². The van der Waals surface area contributed by atoms with E-state index in [-0.39, 0.29) is 17.4 Å². The van der Waals surface area contributed by atoms with Gasteiger partial charge in [0.15, 0.2) is 5.78 Å². The van der Waals surface area contributed by atoms with Crippen molar-refractivity contribution in [2.75, 3.05) is 5.32 Å². The lowest BCUT2D eigenvalue weighted by molar-refractivity contribution is -0.112. The zero-order valence-electron chi connectivity index (χ0n) is 11.7. The van der Waals surface area contributed by atoms with E-state index in [1.54, 1.807) is 24.3 Å². The molecule has 0 saturated carbocycles. The van der Waals surface area contributed by atoms with Crippen molar-refractivity contribution in [3.63, 3.8) is 0 Å². The van der Waals surface area contributed by atoms with Crippen LogP contribution in [-0.4, -0.2) is 17.7 Å². The molecule has 0 bridgehead atoms. The Kier molecular flexibility index (Phi) is 5.48. The molecular formula is C15H17N3O2. The van der Waals surface area contributed by atoms with Gasteiger partial charge in [-0.3, -0.25) is 9.59 Å². The summed E-state index contributed by atoms with van der Waals surface area (Å²) in [5, 5.41) is 14.4. The molecule has 104 valence electrons. The minimum atomic E-state index is -0.513. The van der Waals surface area contributed by atoms with E-state index < -0.39 is 5.91 Å². The van der Waals surface area contributed by atoms with E-state index in [9.17, 15) is 9.59 Å². The van der Waals surface area contributed by atoms with Crippen molar-refractivity contribution in [3.8, 4) is 6.07 Å². The Hall–Kier alpha value is -2.61. The SMILES string of the molecule is CC(=O)c1cccc(NC(=O)/C(C#N)=C\NC(C)C)c1. The van der Waals surface area contributed by atoms with Crippen LogP contribution in [0.1, 0.15) is 31.1 Å². The van der Waals surface area contributed by atoms with E-state index in [0.717, 1.165) is 0 Å². The number of nitriles is 1. The summed E-state index contributed by atoms with van der Waals surface area (Å²) in [6, 6.07) is 8.54. The maximum atomic E-state index is 11.9. The largest absolute Gasteiger partial charge is 0.387 e. The van der Waals surface area contributed by atoms with E-state index in [0.29, 0.717) is 11.3 Å². The Morgan fingerprint density at radius 3 is 2.60 bits per heavy atom. The fourth-order valence-corrected chi connectivity index (χ4v) is 1.41. The third-order valence-corrected chi connectivity index (χ3v) is 2.45. The summed E-state index contributed by atoms with van der Waals surface area (Å²) < 4.78 is 0. The molecule has 5 heteroatoms. The van der Waals surface area contributed by atoms with Crippen molar-refractivity contribution in [2.24, 2.45) is 0 Å². The first kappa shape index (κ1) is 15.4. The maximum Gasteiger partial charge on any atom is 0.267 e. The second-order valence-electron chi connectivity index (χ2n) is 4.58. The van der Waals surface area contributed by atoms with E-state index in [1.165, 1.54) is 13.1 Å². The van der Waals surface area contributed by atoms with Crippen LogP contribution >= 0.6 is 0 Å². The van der Waals surface area contributed by atoms with Gasteiger partial charge in [-0.2, -0.15) is 5.26 Å². The first-order valence-electron chi connectivity index (χ1n) is 6.22. The van der Waals surface area contributed by atoms with Crippen LogP contribution in [0.15, 0.2) is 36.0 Å². The minimum Gasteiger partial charge on any atom is -0.387 e. The Bertz CT molecular complexity index is 583. The number of hydrogen-bond acceptors (Lipinski definition) is 4. The number of carbonyl (C=O) groups excluding carboxylic acids is 2. The number of hydrogen-bond donors (Lipinski definition) is 2. The summed E-state index contributed by atoms with van der Waals surface area (Å²) in [7, 11) is 0. The highest BCUT2D eigenvalue weighted by atomic mass is 16.1. The van der Waals surface area contributed by atoms with E-state index in [4.69, 9.17) is 5.26 Å². The number of carbonyl (C=O) groups is 2. The standard InChI is InChI=1S/C15H17N3O2/c1-10(2)17-9-13(8-16)15(20)18-14-6-4-5-12(7-14)11(3)19/h4-7,9-10,17H,1-3H3,(H,18,20)/b13-9-. The third kappa shape index (κ3) is 4.58. The zero-order valence-corrected chi connectivity index (χ0v) is 11.7. The summed E-state index contributed by atoms with van der Waals surface area (Å²) in [6.45, 7) is 5.26. The smallest absolute Gasteiger partial charge is 0.267 e. The molecule has 1 amide bonds. The van der Waals surface area contributed by atoms with Gasteiger partial charge in [-0.1, -0.05) is 12.1 Å². The molecule has 0 atom stereocenters. The van der Waals surface area contributed by atoms with Crippen molar-refractivity contribution < 1.29 is 9.59 Å². The molecule has 0 saturated heterocycles. The molecule has 0 radical (unpaired) electrons. The monoisotopic (exact) mass is 271 g/mol. The average molecular weight is 271 g/mol. The second-order valence-corrected chi connectivity index (χ2v) is 4.58. The van der Waals surface area contributed by atoms with Gasteiger partial charge in [0, 0.05) is 23.5 Å². The Morgan fingerprint density at radius 1 is 1.35 bits per heavy atom. The van der Waals surface area contributed by atoms with Crippen molar-refractivity contribution in [1.29, 1.82) is 5.26 Å². The number of nitrogens with zero attached hydrogens (tertiary/aromatic N) is 1. The molecule has 0 unspecified atom stereocenters. The molecule has 1 aromatic carbocycles. The van der Waals surface area contributed by atoms with Gasteiger partial charge in [0.1, 0.15) is 11.6 Å². The van der Waals surface area contributed by atoms with Crippen LogP contribution in [0.25, 0.3) is 0 Å². The van der Waals surface area contributed by atoms with Gasteiger partial charge in [-0.05, 0) is 32.9 Å². The molecule has 2 N–H and O–H groups in total. The number of ketones is 1. The van der Waals surface area contributed by atoms with Gasteiger partial charge in [0.05, 0.1) is 0 Å². The number of Topliss-reactive ketones (excluding diaryl/α,β-unsaturated/α-hetero) is 1. The molecule has 20 heavy (non-hydrogen) atoms. The Labute approximate surface area is 118 Å². The molecular weight excluding hydrogens is 254 g/mol. The Balaban J connectivity index is 2.84. The molecule has 0 heterocycles. The summed E-state index contributed by atoms with van der Waals surface area (Å²) >= 11 is 0. The van der Waals surface area contributed by atoms with Crippen LogP contribution in [0, 0.1) is 11.3 Å². The highest BCUT2D eigenvalue weighted by Gasteiger charge is 2.10. The van der Waals surface area contributed by atoms with Gasteiger partial charge in [-0.15, -0.1) is 0 Å². The number of anilines is 1. The fourth-order valence-electron chi connectivity index (χ4n) is 1.41. The number of benzene rings is 1. The number of amides is 1. The summed E-state index contributed by atoms with van der Waals surface area (Å²) in [5.74, 6) is -0.597. The van der Waals surface area contributed by atoms with Crippen LogP contribution in [-0.2, 0) is 4.79 Å². The van der Waals surface area contributed by atoms with Gasteiger partial charge in [0.2, 0.25) is 0 Å². The second kappa shape index (κ2) is 7.10. The highest BCUT2D eigenvalue weighted by Crippen LogP contribution is 2.12. The van der Waals surface area contributed by atoms with Gasteiger partial charge in [-0.25, -0.2) is 0 Å². The van der Waals surface area contributed by atoms with Crippen molar-refractivity contribution in [1.82, 2.24) is 5.32 Å². The van der Waals surface area contributed by atoms with Gasteiger partial charge < -0.3 is 10.6 Å². The van der Waals surface area contributed by atoms with Crippen LogP contribution in [0.2, 0.25) is 0 Å². The lowest BCUT2D eigenvalue weighted by Gasteiger charge is -2.07. The van der Waals surface area contributed by atoms with E-state index >= 15 is 0 Å². The van der Waals surface area contributed by atoms with Gasteiger partial charge in [0.25, 0.3) is 5.91 Å². The predicted octanol–water partition coefficient (Wildman–Crippen LogP) is 2.23. The van der Waals surface area contributed by atoms with Crippen LogP contribution < -0.4 is 10.6 Å². The summed E-state index contributed by atoms with van der Waals surface area (Å²) in [4.78, 5) is 23.2. The lowest BCUT2D eigenvalue weighted by Crippen LogP contribution is -2.20. The molecule has 0 aliphatic rings. The van der Waals surface area contributed by atoms with Crippen molar-refractivity contribution in [2.45, 2.75) is 26.8 Å². The molecule has 5 nitrogen and oxygen atoms in total. The molecule has 0 aliphatic heterocycles. The quantitative estimate of drug-likeness (QED) is 0.489. The normalized spacial score (nSPS) is 10.8. The summed E-state index contributed by atoms with van der Waals surface area (Å²) in [6.07, 6.45) is 1.38. The zero-order chi connectivity index (χ0) is 15.1. The van der Waals surface area contributed by atoms with Crippen molar-refractivity contribution in [3.05, 3.63) is 41.6 Å². The maximum absolute atomic E-state index is 11.9. The molecule has 0 aliphatic carbocycles. The molecule has 1 aromatic rings. The van der Waals surface area contributed by atoms with Crippen LogP contribution in [0.3, 0.4) is 0 Å². The molecule has 1 rings (SSSR count). The fraction of sp³-hybridized carbons (Fsp3) is 0.267. The number of rotatable bonds is 5. The topological polar surface area (TPSA) is 82.0 Å². The molecule has 0 aromatic heterocycles. The Morgan fingerprint density at radius 2 is 2.05 bits per heavy atom. The third-order valence-electron chi connectivity index (χ3n) is 2.45. The first-order valence-corrected chi connectivity index (χ1v) is 6.22.